The number of hydrogen-bond donors (Lipinski definition) is 0. The molecule has 0 radical (unpaired) electrons. The molecule has 0 saturated heterocycles. The monoisotopic (exact) mass is 806 g/mol. The minimum absolute atomic E-state index is 0.197. The Bertz CT molecular complexity index is 3520. The van der Waals surface area contributed by atoms with Crippen LogP contribution in [0.25, 0.3) is 83.3 Å². The van der Waals surface area contributed by atoms with Crippen LogP contribution in [0.3, 0.4) is 0 Å². The van der Waals surface area contributed by atoms with Crippen molar-refractivity contribution in [1.82, 2.24) is 14.5 Å². The molecule has 0 bridgehead atoms. The summed E-state index contributed by atoms with van der Waals surface area (Å²) < 4.78 is 2.35. The van der Waals surface area contributed by atoms with Crippen molar-refractivity contribution in [2.75, 3.05) is 4.90 Å². The summed E-state index contributed by atoms with van der Waals surface area (Å²) in [6.45, 7) is 4.70. The number of fused-ring (bicyclic) bond motifs is 7. The highest BCUT2D eigenvalue weighted by atomic mass is 15.2. The second-order valence-electron chi connectivity index (χ2n) is 17.0. The summed E-state index contributed by atoms with van der Waals surface area (Å²) in [6.07, 6.45) is 0. The Kier molecular flexibility index (Phi) is 8.48. The van der Waals surface area contributed by atoms with Crippen LogP contribution in [0, 0.1) is 0 Å². The molecule has 12 rings (SSSR count). The molecule has 63 heavy (non-hydrogen) atoms. The summed E-state index contributed by atoms with van der Waals surface area (Å²) in [5, 5.41) is 4.80. The van der Waals surface area contributed by atoms with Crippen molar-refractivity contribution in [2.24, 2.45) is 0 Å². The van der Waals surface area contributed by atoms with E-state index < -0.39 is 0 Å². The molecule has 4 heteroatoms. The van der Waals surface area contributed by atoms with Crippen molar-refractivity contribution in [2.45, 2.75) is 19.3 Å². The molecule has 0 unspecified atom stereocenters. The Morgan fingerprint density at radius 2 is 1.03 bits per heavy atom. The van der Waals surface area contributed by atoms with Crippen LogP contribution >= 0.6 is 0 Å². The van der Waals surface area contributed by atoms with E-state index in [0.29, 0.717) is 5.82 Å². The number of para-hydroxylation sites is 2. The van der Waals surface area contributed by atoms with Crippen LogP contribution in [-0.4, -0.2) is 14.5 Å². The average molecular weight is 807 g/mol. The Balaban J connectivity index is 1.11. The van der Waals surface area contributed by atoms with Gasteiger partial charge in [0.15, 0.2) is 5.82 Å². The number of hydrogen-bond acceptors (Lipinski definition) is 3. The number of rotatable bonds is 6. The van der Waals surface area contributed by atoms with Crippen LogP contribution in [0.4, 0.5) is 17.1 Å². The van der Waals surface area contributed by atoms with Crippen molar-refractivity contribution in [3.8, 4) is 50.7 Å². The van der Waals surface area contributed by atoms with Gasteiger partial charge in [-0.05, 0) is 80.6 Å². The van der Waals surface area contributed by atoms with Crippen molar-refractivity contribution in [1.29, 1.82) is 0 Å². The lowest BCUT2D eigenvalue weighted by molar-refractivity contribution is 0.632. The van der Waals surface area contributed by atoms with Gasteiger partial charge in [-0.25, -0.2) is 9.97 Å². The predicted molar refractivity (Wildman–Crippen MR) is 262 cm³/mol. The second-order valence-corrected chi connectivity index (χ2v) is 17.0. The topological polar surface area (TPSA) is 34.0 Å². The normalized spacial score (nSPS) is 13.0. The zero-order valence-electron chi connectivity index (χ0n) is 35.1. The van der Waals surface area contributed by atoms with Crippen LogP contribution in [0.15, 0.2) is 218 Å². The summed E-state index contributed by atoms with van der Waals surface area (Å²) in [4.78, 5) is 13.1. The molecule has 0 N–H and O–H groups in total. The highest BCUT2D eigenvalue weighted by Gasteiger charge is 2.37. The van der Waals surface area contributed by atoms with Crippen molar-refractivity contribution < 1.29 is 0 Å². The summed E-state index contributed by atoms with van der Waals surface area (Å²) in [5.41, 5.74) is 15.7. The Morgan fingerprint density at radius 3 is 1.83 bits per heavy atom. The molecular formula is C59H42N4. The first kappa shape index (κ1) is 36.7. The van der Waals surface area contributed by atoms with Gasteiger partial charge >= 0.3 is 0 Å². The summed E-state index contributed by atoms with van der Waals surface area (Å²) in [6, 6.07) is 78.4. The van der Waals surface area contributed by atoms with Gasteiger partial charge in [0.1, 0.15) is 5.82 Å². The van der Waals surface area contributed by atoms with E-state index in [1.165, 1.54) is 55.2 Å². The van der Waals surface area contributed by atoms with E-state index in [4.69, 9.17) is 9.97 Å². The standard InChI is InChI=1S/C59H42N4/c1-59(2)48-26-14-15-27-51(48)62(45-22-10-5-11-23-45)54-37-44(33-35-49(54)59)47-25-16-28-52-57(47)56-46-24-13-12-19-41(46)34-36-53(56)63(52)55-38-50(42-20-8-4-9-21-42)60-58(61-55)43-31-29-40(30-32-43)39-17-6-3-7-18-39/h3-38H,1-2H3. The number of benzene rings is 9. The highest BCUT2D eigenvalue weighted by molar-refractivity contribution is 6.25. The zero-order valence-corrected chi connectivity index (χ0v) is 35.1. The lowest BCUT2D eigenvalue weighted by atomic mass is 9.73. The Morgan fingerprint density at radius 1 is 0.413 bits per heavy atom. The van der Waals surface area contributed by atoms with Gasteiger partial charge in [0.2, 0.25) is 0 Å². The third-order valence-electron chi connectivity index (χ3n) is 13.0. The molecule has 9 aromatic carbocycles. The third-order valence-corrected chi connectivity index (χ3v) is 13.0. The molecule has 0 amide bonds. The van der Waals surface area contributed by atoms with Gasteiger partial charge in [-0.1, -0.05) is 190 Å². The minimum atomic E-state index is -0.197. The summed E-state index contributed by atoms with van der Waals surface area (Å²) in [5.74, 6) is 1.49. The molecule has 2 aromatic heterocycles. The number of anilines is 3. The van der Waals surface area contributed by atoms with Crippen LogP contribution in [0.5, 0.6) is 0 Å². The molecule has 0 saturated carbocycles. The Hall–Kier alpha value is -8.08. The molecule has 0 fully saturated rings. The fourth-order valence-corrected chi connectivity index (χ4v) is 9.93. The quantitative estimate of drug-likeness (QED) is 0.168. The minimum Gasteiger partial charge on any atom is -0.310 e. The molecule has 1 aliphatic heterocycles. The smallest absolute Gasteiger partial charge is 0.162 e. The molecule has 298 valence electrons. The maximum atomic E-state index is 5.44. The SMILES string of the molecule is CC1(C)c2ccccc2N(c2ccccc2)c2cc(-c3cccc4c3c3c5ccccc5ccc3n4-c3cc(-c4ccccc4)nc(-c4ccc(-c5ccccc5)cc4)n3)ccc21. The van der Waals surface area contributed by atoms with Crippen molar-refractivity contribution in [3.63, 3.8) is 0 Å². The fourth-order valence-electron chi connectivity index (χ4n) is 9.93. The number of aromatic nitrogens is 3. The van der Waals surface area contributed by atoms with E-state index in [1.807, 2.05) is 6.07 Å². The first-order valence-corrected chi connectivity index (χ1v) is 21.7. The first-order valence-electron chi connectivity index (χ1n) is 21.7. The van der Waals surface area contributed by atoms with Crippen LogP contribution in [-0.2, 0) is 5.41 Å². The van der Waals surface area contributed by atoms with Gasteiger partial charge < -0.3 is 4.90 Å². The van der Waals surface area contributed by atoms with Gasteiger partial charge in [0.05, 0.1) is 28.1 Å². The molecule has 4 nitrogen and oxygen atoms in total. The van der Waals surface area contributed by atoms with E-state index in [9.17, 15) is 0 Å². The van der Waals surface area contributed by atoms with Crippen LogP contribution in [0.1, 0.15) is 25.0 Å². The summed E-state index contributed by atoms with van der Waals surface area (Å²) >= 11 is 0. The van der Waals surface area contributed by atoms with Crippen molar-refractivity contribution >= 4 is 49.6 Å². The molecular weight excluding hydrogens is 765 g/mol. The molecule has 0 spiro atoms. The van der Waals surface area contributed by atoms with Crippen LogP contribution in [0.2, 0.25) is 0 Å². The molecule has 1 aliphatic rings. The van der Waals surface area contributed by atoms with E-state index in [0.717, 1.165) is 50.5 Å². The van der Waals surface area contributed by atoms with E-state index in [2.05, 4.69) is 236 Å². The maximum Gasteiger partial charge on any atom is 0.162 e. The molecule has 3 heterocycles. The van der Waals surface area contributed by atoms with E-state index in [-0.39, 0.29) is 5.41 Å². The van der Waals surface area contributed by atoms with Crippen LogP contribution < -0.4 is 4.90 Å². The average Bonchev–Trinajstić information content (AvgIpc) is 3.70. The van der Waals surface area contributed by atoms with Crippen molar-refractivity contribution in [3.05, 3.63) is 230 Å². The largest absolute Gasteiger partial charge is 0.310 e. The van der Waals surface area contributed by atoms with Gasteiger partial charge in [-0.2, -0.15) is 0 Å². The number of nitrogens with zero attached hydrogens (tertiary/aromatic N) is 4. The van der Waals surface area contributed by atoms with Gasteiger partial charge in [-0.3, -0.25) is 4.57 Å². The third kappa shape index (κ3) is 5.98. The lowest BCUT2D eigenvalue weighted by Crippen LogP contribution is -2.30. The van der Waals surface area contributed by atoms with Gasteiger partial charge in [0.25, 0.3) is 0 Å². The predicted octanol–water partition coefficient (Wildman–Crippen LogP) is 15.5. The fraction of sp³-hybridized carbons (Fsp3) is 0.0508. The lowest BCUT2D eigenvalue weighted by Gasteiger charge is -2.42. The van der Waals surface area contributed by atoms with Gasteiger partial charge in [-0.15, -0.1) is 0 Å². The summed E-state index contributed by atoms with van der Waals surface area (Å²) in [7, 11) is 0. The highest BCUT2D eigenvalue weighted by Crippen LogP contribution is 2.53. The van der Waals surface area contributed by atoms with E-state index in [1.54, 1.807) is 0 Å². The van der Waals surface area contributed by atoms with Gasteiger partial charge in [0, 0.05) is 39.1 Å². The Labute approximate surface area is 367 Å². The first-order chi connectivity index (χ1) is 31.0. The maximum absolute atomic E-state index is 5.44. The molecule has 0 atom stereocenters. The zero-order chi connectivity index (χ0) is 42.1. The second kappa shape index (κ2) is 14.5. The van der Waals surface area contributed by atoms with E-state index >= 15 is 0 Å². The molecule has 0 aliphatic carbocycles. The molecule has 11 aromatic rings.